The maximum Gasteiger partial charge on any atom is 0.230 e. The minimum Gasteiger partial charge on any atom is -0.355 e. The summed E-state index contributed by atoms with van der Waals surface area (Å²) in [7, 11) is 1.78. The van der Waals surface area contributed by atoms with Gasteiger partial charge >= 0.3 is 0 Å². The Balaban J connectivity index is 1.33. The number of thioether (sulfide) groups is 1. The fourth-order valence-corrected chi connectivity index (χ4v) is 3.71. The van der Waals surface area contributed by atoms with E-state index in [1.165, 1.54) is 17.3 Å². The summed E-state index contributed by atoms with van der Waals surface area (Å²) in [5.74, 6) is 0.975. The van der Waals surface area contributed by atoms with Gasteiger partial charge < -0.3 is 14.6 Å². The number of carbonyl (C=O) groups is 2. The van der Waals surface area contributed by atoms with Crippen LogP contribution in [0.1, 0.15) is 23.2 Å². The zero-order valence-corrected chi connectivity index (χ0v) is 17.6. The predicted molar refractivity (Wildman–Crippen MR) is 117 cm³/mol. The van der Waals surface area contributed by atoms with Crippen molar-refractivity contribution in [2.75, 3.05) is 19.3 Å². The molecule has 0 spiro atoms. The first-order chi connectivity index (χ1) is 14.0. The van der Waals surface area contributed by atoms with E-state index in [0.717, 1.165) is 16.9 Å². The van der Waals surface area contributed by atoms with E-state index in [1.54, 1.807) is 11.9 Å². The van der Waals surface area contributed by atoms with Crippen molar-refractivity contribution in [2.45, 2.75) is 25.6 Å². The molecule has 0 radical (unpaired) electrons. The van der Waals surface area contributed by atoms with Crippen LogP contribution in [0.2, 0.25) is 0 Å². The van der Waals surface area contributed by atoms with Gasteiger partial charge in [-0.15, -0.1) is 11.8 Å². The van der Waals surface area contributed by atoms with Crippen LogP contribution in [0, 0.1) is 6.92 Å². The molecule has 0 aliphatic carbocycles. The lowest BCUT2D eigenvalue weighted by Crippen LogP contribution is -2.32. The van der Waals surface area contributed by atoms with E-state index >= 15 is 0 Å². The molecule has 0 saturated heterocycles. The normalized spacial score (nSPS) is 10.8. The highest BCUT2D eigenvalue weighted by atomic mass is 32.2. The van der Waals surface area contributed by atoms with Gasteiger partial charge in [0.2, 0.25) is 11.8 Å². The molecule has 2 heterocycles. The average molecular weight is 411 g/mol. The Hall–Kier alpha value is -2.80. The molecule has 6 nitrogen and oxygen atoms in total. The lowest BCUT2D eigenvalue weighted by molar-refractivity contribution is -0.130. The largest absolute Gasteiger partial charge is 0.355 e. The second-order valence-electron chi connectivity index (χ2n) is 7.03. The summed E-state index contributed by atoms with van der Waals surface area (Å²) in [6, 6.07) is 13.9. The smallest absolute Gasteiger partial charge is 0.230 e. The number of nitrogens with one attached hydrogen (secondary N) is 1. The van der Waals surface area contributed by atoms with E-state index in [9.17, 15) is 9.59 Å². The minimum atomic E-state index is -0.0619. The number of aromatic nitrogens is 2. The van der Waals surface area contributed by atoms with Gasteiger partial charge in [0.25, 0.3) is 0 Å². The molecule has 2 amide bonds. The van der Waals surface area contributed by atoms with Crippen LogP contribution in [0.15, 0.2) is 54.9 Å². The fourth-order valence-electron chi connectivity index (χ4n) is 2.97. The van der Waals surface area contributed by atoms with Gasteiger partial charge in [0.05, 0.1) is 11.4 Å². The molecule has 0 fully saturated rings. The summed E-state index contributed by atoms with van der Waals surface area (Å²) in [6.45, 7) is 2.97. The van der Waals surface area contributed by atoms with Crippen molar-refractivity contribution in [1.82, 2.24) is 19.6 Å². The first kappa shape index (κ1) is 20.9. The third kappa shape index (κ3) is 6.35. The van der Waals surface area contributed by atoms with Gasteiger partial charge in [-0.25, -0.2) is 4.98 Å². The zero-order chi connectivity index (χ0) is 20.6. The summed E-state index contributed by atoms with van der Waals surface area (Å²) in [6.07, 6.45) is 4.33. The Morgan fingerprint density at radius 1 is 1.14 bits per heavy atom. The summed E-state index contributed by atoms with van der Waals surface area (Å²) in [5, 5.41) is 2.82. The Morgan fingerprint density at radius 2 is 1.93 bits per heavy atom. The lowest BCUT2D eigenvalue weighted by Gasteiger charge is -2.17. The van der Waals surface area contributed by atoms with Crippen LogP contribution in [0.4, 0.5) is 0 Å². The van der Waals surface area contributed by atoms with E-state index in [-0.39, 0.29) is 11.8 Å². The second kappa shape index (κ2) is 10.1. The molecule has 0 unspecified atom stereocenters. The third-order valence-electron chi connectivity index (χ3n) is 4.48. The molecule has 1 aromatic carbocycles. The highest BCUT2D eigenvalue weighted by molar-refractivity contribution is 7.99. The number of fused-ring (bicyclic) bond motifs is 1. The van der Waals surface area contributed by atoms with Crippen molar-refractivity contribution < 1.29 is 9.59 Å². The van der Waals surface area contributed by atoms with Crippen molar-refractivity contribution in [3.8, 4) is 0 Å². The number of nitrogens with zero attached hydrogens (tertiary/aromatic N) is 3. The molecule has 0 bridgehead atoms. The molecular weight excluding hydrogens is 384 g/mol. The molecule has 0 aliphatic heterocycles. The molecule has 3 aromatic rings. The topological polar surface area (TPSA) is 66.7 Å². The van der Waals surface area contributed by atoms with Gasteiger partial charge in [-0.1, -0.05) is 36.4 Å². The number of benzene rings is 1. The summed E-state index contributed by atoms with van der Waals surface area (Å²) >= 11 is 1.52. The van der Waals surface area contributed by atoms with Crippen LogP contribution >= 0.6 is 11.8 Å². The quantitative estimate of drug-likeness (QED) is 0.589. The van der Waals surface area contributed by atoms with Crippen LogP contribution in [0.3, 0.4) is 0 Å². The SMILES string of the molecule is Cc1ccc2nc(CSCC(=O)NCCC(=O)N(C)Cc3ccccc3)cn2c1. The molecule has 0 atom stereocenters. The van der Waals surface area contributed by atoms with E-state index in [2.05, 4.69) is 10.3 Å². The summed E-state index contributed by atoms with van der Waals surface area (Å²) in [4.78, 5) is 30.4. The monoisotopic (exact) mass is 410 g/mol. The first-order valence-electron chi connectivity index (χ1n) is 9.58. The summed E-state index contributed by atoms with van der Waals surface area (Å²) in [5.41, 5.74) is 4.13. The van der Waals surface area contributed by atoms with Crippen molar-refractivity contribution in [2.24, 2.45) is 0 Å². The van der Waals surface area contributed by atoms with Gasteiger partial charge in [0, 0.05) is 44.7 Å². The standard InChI is InChI=1S/C22H26N4O2S/c1-17-8-9-20-24-19(14-26(20)12-17)15-29-16-21(27)23-11-10-22(28)25(2)13-18-6-4-3-5-7-18/h3-9,12,14H,10-11,13,15-16H2,1-2H3,(H,23,27). The van der Waals surface area contributed by atoms with Crippen LogP contribution in [0.25, 0.3) is 5.65 Å². The maximum absolute atomic E-state index is 12.2. The van der Waals surface area contributed by atoms with Gasteiger partial charge in [0.15, 0.2) is 0 Å². The van der Waals surface area contributed by atoms with Gasteiger partial charge in [0.1, 0.15) is 5.65 Å². The third-order valence-corrected chi connectivity index (χ3v) is 5.45. The Morgan fingerprint density at radius 3 is 2.72 bits per heavy atom. The zero-order valence-electron chi connectivity index (χ0n) is 16.8. The Kier molecular flexibility index (Phi) is 7.30. The van der Waals surface area contributed by atoms with Crippen molar-refractivity contribution in [1.29, 1.82) is 0 Å². The van der Waals surface area contributed by atoms with Crippen LogP contribution in [-0.2, 0) is 21.9 Å². The number of amides is 2. The highest BCUT2D eigenvalue weighted by Gasteiger charge is 2.10. The number of pyridine rings is 1. The average Bonchev–Trinajstić information content (AvgIpc) is 3.10. The van der Waals surface area contributed by atoms with Crippen LogP contribution in [0.5, 0.6) is 0 Å². The number of rotatable bonds is 9. The van der Waals surface area contributed by atoms with Crippen molar-refractivity contribution >= 4 is 29.2 Å². The Labute approximate surface area is 175 Å². The fraction of sp³-hybridized carbons (Fsp3) is 0.318. The lowest BCUT2D eigenvalue weighted by atomic mass is 10.2. The molecule has 2 aromatic heterocycles. The van der Waals surface area contributed by atoms with Gasteiger partial charge in [-0.05, 0) is 24.1 Å². The van der Waals surface area contributed by atoms with Crippen molar-refractivity contribution in [3.63, 3.8) is 0 Å². The Bertz CT molecular complexity index is 971. The second-order valence-corrected chi connectivity index (χ2v) is 8.02. The maximum atomic E-state index is 12.2. The highest BCUT2D eigenvalue weighted by Crippen LogP contribution is 2.13. The first-order valence-corrected chi connectivity index (χ1v) is 10.7. The molecule has 29 heavy (non-hydrogen) atoms. The molecular formula is C22H26N4O2S. The van der Waals surface area contributed by atoms with E-state index in [0.29, 0.717) is 31.0 Å². The number of hydrogen-bond acceptors (Lipinski definition) is 4. The van der Waals surface area contributed by atoms with Crippen molar-refractivity contribution in [3.05, 3.63) is 71.7 Å². The molecule has 3 rings (SSSR count). The number of aryl methyl sites for hydroxylation is 1. The number of carbonyl (C=O) groups excluding carboxylic acids is 2. The van der Waals surface area contributed by atoms with E-state index < -0.39 is 0 Å². The van der Waals surface area contributed by atoms with Gasteiger partial charge in [-0.2, -0.15) is 0 Å². The molecule has 0 saturated carbocycles. The van der Waals surface area contributed by atoms with Crippen LogP contribution in [-0.4, -0.2) is 45.4 Å². The summed E-state index contributed by atoms with van der Waals surface area (Å²) < 4.78 is 2.00. The van der Waals surface area contributed by atoms with E-state index in [1.807, 2.05) is 66.2 Å². The number of imidazole rings is 1. The predicted octanol–water partition coefficient (Wildman–Crippen LogP) is 3.04. The van der Waals surface area contributed by atoms with Gasteiger partial charge in [-0.3, -0.25) is 9.59 Å². The molecule has 1 N–H and O–H groups in total. The van der Waals surface area contributed by atoms with Crippen LogP contribution < -0.4 is 5.32 Å². The van der Waals surface area contributed by atoms with E-state index in [4.69, 9.17) is 0 Å². The number of hydrogen-bond donors (Lipinski definition) is 1. The molecule has 7 heteroatoms. The minimum absolute atomic E-state index is 0.0156. The molecule has 0 aliphatic rings. The molecule has 152 valence electrons.